The first-order chi connectivity index (χ1) is 8.16. The van der Waals surface area contributed by atoms with Crippen molar-refractivity contribution in [3.05, 3.63) is 29.6 Å². The van der Waals surface area contributed by atoms with Crippen molar-refractivity contribution in [1.82, 2.24) is 0 Å². The second-order valence-corrected chi connectivity index (χ2v) is 4.55. The molecule has 1 saturated carbocycles. The first-order valence-corrected chi connectivity index (χ1v) is 5.92. The fourth-order valence-corrected chi connectivity index (χ4v) is 1.58. The van der Waals surface area contributed by atoms with Crippen molar-refractivity contribution in [2.24, 2.45) is 11.7 Å². The highest BCUT2D eigenvalue weighted by atomic mass is 19.1. The summed E-state index contributed by atoms with van der Waals surface area (Å²) >= 11 is 0. The van der Waals surface area contributed by atoms with Gasteiger partial charge < -0.3 is 15.2 Å². The smallest absolute Gasteiger partial charge is 0.189 e. The van der Waals surface area contributed by atoms with Gasteiger partial charge in [-0.25, -0.2) is 4.39 Å². The summed E-state index contributed by atoms with van der Waals surface area (Å²) in [6.45, 7) is 2.66. The van der Waals surface area contributed by atoms with E-state index in [1.807, 2.05) is 0 Å². The lowest BCUT2D eigenvalue weighted by molar-refractivity contribution is 0.00982. The summed E-state index contributed by atoms with van der Waals surface area (Å²) in [7, 11) is 0. The van der Waals surface area contributed by atoms with Crippen LogP contribution in [0.5, 0.6) is 5.75 Å². The topological polar surface area (TPSA) is 44.5 Å². The third-order valence-electron chi connectivity index (χ3n) is 2.82. The molecule has 1 aromatic carbocycles. The van der Waals surface area contributed by atoms with Crippen LogP contribution in [-0.2, 0) is 4.74 Å². The third kappa shape index (κ3) is 3.68. The number of halogens is 1. The summed E-state index contributed by atoms with van der Waals surface area (Å²) in [5.74, 6) is 0.846. The predicted octanol–water partition coefficient (Wildman–Crippen LogP) is 2.61. The second-order valence-electron chi connectivity index (χ2n) is 4.55. The van der Waals surface area contributed by atoms with Gasteiger partial charge in [-0.15, -0.1) is 0 Å². The minimum absolute atomic E-state index is 0.174. The fourth-order valence-electron chi connectivity index (χ4n) is 1.58. The van der Waals surface area contributed by atoms with E-state index in [0.29, 0.717) is 17.2 Å². The van der Waals surface area contributed by atoms with Crippen LogP contribution in [0, 0.1) is 11.7 Å². The van der Waals surface area contributed by atoms with Crippen molar-refractivity contribution >= 4 is 0 Å². The van der Waals surface area contributed by atoms with Gasteiger partial charge in [-0.3, -0.25) is 0 Å². The lowest BCUT2D eigenvalue weighted by Gasteiger charge is -2.10. The molecule has 1 fully saturated rings. The van der Waals surface area contributed by atoms with Crippen LogP contribution in [0.1, 0.15) is 31.4 Å². The van der Waals surface area contributed by atoms with E-state index in [1.54, 1.807) is 19.1 Å². The van der Waals surface area contributed by atoms with Gasteiger partial charge in [-0.1, -0.05) is 6.07 Å². The van der Waals surface area contributed by atoms with Gasteiger partial charge in [0.05, 0.1) is 6.61 Å². The van der Waals surface area contributed by atoms with Crippen molar-refractivity contribution < 1.29 is 13.9 Å². The molecular formula is C13H18FNO2. The number of benzene rings is 1. The molecule has 0 unspecified atom stereocenters. The zero-order chi connectivity index (χ0) is 12.3. The zero-order valence-corrected chi connectivity index (χ0v) is 9.99. The number of hydrogen-bond donors (Lipinski definition) is 1. The average molecular weight is 239 g/mol. The van der Waals surface area contributed by atoms with Crippen molar-refractivity contribution in [1.29, 1.82) is 0 Å². The number of nitrogens with two attached hydrogens (primary N) is 1. The van der Waals surface area contributed by atoms with Crippen LogP contribution in [0.2, 0.25) is 0 Å². The molecule has 1 aromatic rings. The Kier molecular flexibility index (Phi) is 3.97. The van der Waals surface area contributed by atoms with Gasteiger partial charge in [0.2, 0.25) is 0 Å². The molecule has 2 N–H and O–H groups in total. The first-order valence-electron chi connectivity index (χ1n) is 5.92. The molecule has 1 aliphatic carbocycles. The Bertz CT molecular complexity index is 378. The molecule has 0 spiro atoms. The van der Waals surface area contributed by atoms with Crippen LogP contribution in [0.25, 0.3) is 0 Å². The predicted molar refractivity (Wildman–Crippen MR) is 63.2 cm³/mol. The Morgan fingerprint density at radius 1 is 1.47 bits per heavy atom. The molecule has 1 aliphatic rings. The maximum atomic E-state index is 13.5. The Balaban J connectivity index is 1.81. The molecule has 3 nitrogen and oxygen atoms in total. The standard InChI is InChI=1S/C13H18FNO2/c1-9(15)12-5-4-11(6-13(12)14)17-8-16-7-10-2-3-10/h4-6,9-10H,2-3,7-8,15H2,1H3/t9-/m0/s1. The molecule has 0 amide bonds. The summed E-state index contributed by atoms with van der Waals surface area (Å²) < 4.78 is 24.2. The number of hydrogen-bond acceptors (Lipinski definition) is 3. The van der Waals surface area contributed by atoms with Crippen LogP contribution in [0.3, 0.4) is 0 Å². The highest BCUT2D eigenvalue weighted by molar-refractivity contribution is 5.30. The molecule has 0 bridgehead atoms. The lowest BCUT2D eigenvalue weighted by atomic mass is 10.1. The Morgan fingerprint density at radius 3 is 2.82 bits per heavy atom. The summed E-state index contributed by atoms with van der Waals surface area (Å²) in [6, 6.07) is 4.40. The van der Waals surface area contributed by atoms with Gasteiger partial charge >= 0.3 is 0 Å². The molecule has 94 valence electrons. The molecule has 0 aromatic heterocycles. The van der Waals surface area contributed by atoms with Gasteiger partial charge in [-0.2, -0.15) is 0 Å². The summed E-state index contributed by atoms with van der Waals surface area (Å²) in [5, 5.41) is 0. The van der Waals surface area contributed by atoms with Crippen LogP contribution in [0.4, 0.5) is 4.39 Å². The monoisotopic (exact) mass is 239 g/mol. The number of ether oxygens (including phenoxy) is 2. The molecular weight excluding hydrogens is 221 g/mol. The van der Waals surface area contributed by atoms with Gasteiger partial charge in [-0.05, 0) is 31.7 Å². The molecule has 0 aliphatic heterocycles. The van der Waals surface area contributed by atoms with Crippen molar-refractivity contribution in [2.75, 3.05) is 13.4 Å². The van der Waals surface area contributed by atoms with Crippen LogP contribution in [-0.4, -0.2) is 13.4 Å². The molecule has 1 atom stereocenters. The van der Waals surface area contributed by atoms with Gasteiger partial charge in [0.25, 0.3) is 0 Å². The van der Waals surface area contributed by atoms with Crippen molar-refractivity contribution in [3.63, 3.8) is 0 Å². The molecule has 0 radical (unpaired) electrons. The molecule has 17 heavy (non-hydrogen) atoms. The summed E-state index contributed by atoms with van der Waals surface area (Å²) in [6.07, 6.45) is 2.50. The zero-order valence-electron chi connectivity index (χ0n) is 9.99. The largest absolute Gasteiger partial charge is 0.467 e. The Morgan fingerprint density at radius 2 is 2.24 bits per heavy atom. The van der Waals surface area contributed by atoms with Gasteiger partial charge in [0.15, 0.2) is 6.79 Å². The SMILES string of the molecule is C[C@H](N)c1ccc(OCOCC2CC2)cc1F. The minimum Gasteiger partial charge on any atom is -0.467 e. The van der Waals surface area contributed by atoms with E-state index < -0.39 is 0 Å². The van der Waals surface area contributed by atoms with Crippen LogP contribution >= 0.6 is 0 Å². The quantitative estimate of drug-likeness (QED) is 0.613. The normalized spacial score (nSPS) is 16.9. The van der Waals surface area contributed by atoms with E-state index >= 15 is 0 Å². The highest BCUT2D eigenvalue weighted by Crippen LogP contribution is 2.28. The maximum Gasteiger partial charge on any atom is 0.189 e. The third-order valence-corrected chi connectivity index (χ3v) is 2.82. The maximum absolute atomic E-state index is 13.5. The van der Waals surface area contributed by atoms with Crippen LogP contribution < -0.4 is 10.5 Å². The fraction of sp³-hybridized carbons (Fsp3) is 0.538. The Labute approximate surface area is 101 Å². The van der Waals surface area contributed by atoms with E-state index in [2.05, 4.69) is 0 Å². The van der Waals surface area contributed by atoms with Crippen LogP contribution in [0.15, 0.2) is 18.2 Å². The summed E-state index contributed by atoms with van der Waals surface area (Å²) in [5.41, 5.74) is 6.12. The first kappa shape index (κ1) is 12.3. The molecule has 4 heteroatoms. The highest BCUT2D eigenvalue weighted by Gasteiger charge is 2.21. The van der Waals surface area contributed by atoms with Gasteiger partial charge in [0, 0.05) is 17.7 Å². The van der Waals surface area contributed by atoms with E-state index in [0.717, 1.165) is 6.61 Å². The van der Waals surface area contributed by atoms with Crippen molar-refractivity contribution in [3.8, 4) is 5.75 Å². The van der Waals surface area contributed by atoms with E-state index in [4.69, 9.17) is 15.2 Å². The van der Waals surface area contributed by atoms with E-state index in [-0.39, 0.29) is 18.7 Å². The molecule has 2 rings (SSSR count). The Hall–Kier alpha value is -1.13. The van der Waals surface area contributed by atoms with Crippen molar-refractivity contribution in [2.45, 2.75) is 25.8 Å². The average Bonchev–Trinajstić information content (AvgIpc) is 3.08. The molecule has 0 heterocycles. The van der Waals surface area contributed by atoms with E-state index in [1.165, 1.54) is 18.9 Å². The van der Waals surface area contributed by atoms with E-state index in [9.17, 15) is 4.39 Å². The number of rotatable bonds is 6. The van der Waals surface area contributed by atoms with Gasteiger partial charge in [0.1, 0.15) is 11.6 Å². The lowest BCUT2D eigenvalue weighted by Crippen LogP contribution is -2.08. The molecule has 0 saturated heterocycles. The minimum atomic E-state index is -0.334. The second kappa shape index (κ2) is 5.47. The summed E-state index contributed by atoms with van der Waals surface area (Å²) in [4.78, 5) is 0.